The van der Waals surface area contributed by atoms with Crippen LogP contribution in [0.4, 0.5) is 0 Å². The maximum atomic E-state index is 12.7. The van der Waals surface area contributed by atoms with Crippen molar-refractivity contribution < 1.29 is 24.6 Å². The van der Waals surface area contributed by atoms with Gasteiger partial charge in [-0.1, -0.05) is 25.1 Å². The molecule has 2 heterocycles. The molecule has 0 saturated carbocycles. The van der Waals surface area contributed by atoms with Gasteiger partial charge in [0.15, 0.2) is 0 Å². The minimum atomic E-state index is -0.978. The molecule has 0 radical (unpaired) electrons. The Morgan fingerprint density at radius 2 is 1.72 bits per heavy atom. The summed E-state index contributed by atoms with van der Waals surface area (Å²) in [7, 11) is 0. The number of carboxylic acid groups (broad SMARTS) is 2. The molecule has 2 aromatic heterocycles. The third-order valence-corrected chi connectivity index (χ3v) is 6.28. The molecule has 3 aromatic rings. The zero-order valence-corrected chi connectivity index (χ0v) is 14.8. The zero-order valence-electron chi connectivity index (χ0n) is 13.2. The molecule has 0 saturated heterocycles. The number of thiophene rings is 2. The van der Waals surface area contributed by atoms with Crippen molar-refractivity contribution >= 4 is 49.8 Å². The van der Waals surface area contributed by atoms with E-state index in [0.29, 0.717) is 22.4 Å². The Labute approximate surface area is 151 Å². The molecule has 5 nitrogen and oxygen atoms in total. The van der Waals surface area contributed by atoms with Crippen molar-refractivity contribution in [2.45, 2.75) is 19.3 Å². The second kappa shape index (κ2) is 6.78. The van der Waals surface area contributed by atoms with Gasteiger partial charge in [0.2, 0.25) is 5.78 Å². The van der Waals surface area contributed by atoms with Crippen LogP contribution in [0.2, 0.25) is 0 Å². The second-order valence-corrected chi connectivity index (χ2v) is 7.89. The van der Waals surface area contributed by atoms with Gasteiger partial charge in [-0.05, 0) is 30.2 Å². The molecule has 2 N–H and O–H groups in total. The van der Waals surface area contributed by atoms with Gasteiger partial charge in [0.25, 0.3) is 0 Å². The minimum absolute atomic E-state index is 0.188. The number of hydrogen-bond acceptors (Lipinski definition) is 5. The molecule has 0 aliphatic rings. The van der Waals surface area contributed by atoms with Crippen LogP contribution in [0.25, 0.3) is 9.40 Å². The summed E-state index contributed by atoms with van der Waals surface area (Å²) in [5.41, 5.74) is 1.04. The van der Waals surface area contributed by atoms with Crippen molar-refractivity contribution in [3.8, 4) is 0 Å². The smallest absolute Gasteiger partial charge is 0.345 e. The number of carbonyl (C=O) groups is 3. The van der Waals surface area contributed by atoms with Crippen LogP contribution in [0.15, 0.2) is 36.4 Å². The lowest BCUT2D eigenvalue weighted by atomic mass is 9.94. The van der Waals surface area contributed by atoms with Crippen molar-refractivity contribution in [2.75, 3.05) is 0 Å². The lowest BCUT2D eigenvalue weighted by molar-refractivity contribution is -0.138. The first kappa shape index (κ1) is 17.3. The van der Waals surface area contributed by atoms with E-state index in [4.69, 9.17) is 5.11 Å². The number of carbonyl (C=O) groups excluding carboxylic acids is 1. The van der Waals surface area contributed by atoms with Crippen LogP contribution in [-0.2, 0) is 4.79 Å². The Balaban J connectivity index is 1.94. The summed E-state index contributed by atoms with van der Waals surface area (Å²) in [4.78, 5) is 35.8. The van der Waals surface area contributed by atoms with Crippen molar-refractivity contribution in [3.05, 3.63) is 57.3 Å². The number of fused-ring (bicyclic) bond motifs is 1. The summed E-state index contributed by atoms with van der Waals surface area (Å²) in [6.07, 6.45) is 0.444. The van der Waals surface area contributed by atoms with Gasteiger partial charge in [-0.3, -0.25) is 9.59 Å². The number of aromatic carboxylic acids is 1. The maximum absolute atomic E-state index is 12.7. The second-order valence-electron chi connectivity index (χ2n) is 5.52. The summed E-state index contributed by atoms with van der Waals surface area (Å²) in [6.45, 7) is 1.79. The van der Waals surface area contributed by atoms with Crippen LogP contribution in [0, 0.1) is 0 Å². The lowest BCUT2D eigenvalue weighted by Crippen LogP contribution is -2.11. The van der Waals surface area contributed by atoms with E-state index in [1.54, 1.807) is 43.3 Å². The van der Waals surface area contributed by atoms with E-state index >= 15 is 0 Å². The van der Waals surface area contributed by atoms with Crippen LogP contribution in [0.1, 0.15) is 49.7 Å². The lowest BCUT2D eigenvalue weighted by Gasteiger charge is -2.11. The first-order chi connectivity index (χ1) is 11.9. The van der Waals surface area contributed by atoms with Gasteiger partial charge in [0.05, 0.1) is 14.8 Å². The van der Waals surface area contributed by atoms with E-state index in [2.05, 4.69) is 0 Å². The minimum Gasteiger partial charge on any atom is -0.481 e. The highest BCUT2D eigenvalue weighted by atomic mass is 32.2. The average molecular weight is 374 g/mol. The zero-order chi connectivity index (χ0) is 18.1. The molecule has 0 spiro atoms. The Morgan fingerprint density at radius 3 is 2.32 bits per heavy atom. The quantitative estimate of drug-likeness (QED) is 0.621. The summed E-state index contributed by atoms with van der Waals surface area (Å²) in [5.74, 6) is -2.72. The van der Waals surface area contributed by atoms with Crippen LogP contribution in [0.5, 0.6) is 0 Å². The van der Waals surface area contributed by atoms with E-state index in [-0.39, 0.29) is 10.7 Å². The fourth-order valence-electron chi connectivity index (χ4n) is 2.65. The molecule has 1 atom stereocenters. The molecular weight excluding hydrogens is 360 g/mol. The SMILES string of the molecule is CCC(C(=O)O)c1cccc(C(=O)c2cc3cc(C(=O)O)sc3s2)c1. The first-order valence-electron chi connectivity index (χ1n) is 7.54. The molecule has 0 aliphatic carbocycles. The van der Waals surface area contributed by atoms with Crippen molar-refractivity contribution in [1.29, 1.82) is 0 Å². The summed E-state index contributed by atoms with van der Waals surface area (Å²) >= 11 is 2.40. The maximum Gasteiger partial charge on any atom is 0.345 e. The molecule has 0 fully saturated rings. The van der Waals surface area contributed by atoms with E-state index in [0.717, 1.165) is 20.7 Å². The monoisotopic (exact) mass is 374 g/mol. The molecule has 25 heavy (non-hydrogen) atoms. The van der Waals surface area contributed by atoms with Crippen LogP contribution < -0.4 is 0 Å². The van der Waals surface area contributed by atoms with Crippen molar-refractivity contribution in [2.24, 2.45) is 0 Å². The van der Waals surface area contributed by atoms with E-state index in [1.807, 2.05) is 0 Å². The van der Waals surface area contributed by atoms with Crippen LogP contribution in [-0.4, -0.2) is 27.9 Å². The molecule has 1 aromatic carbocycles. The third kappa shape index (κ3) is 3.33. The highest BCUT2D eigenvalue weighted by Gasteiger charge is 2.20. The Bertz CT molecular complexity index is 951. The largest absolute Gasteiger partial charge is 0.481 e. The van der Waals surface area contributed by atoms with Gasteiger partial charge in [-0.25, -0.2) is 4.79 Å². The number of rotatable bonds is 6. The fraction of sp³-hybridized carbons (Fsp3) is 0.167. The van der Waals surface area contributed by atoms with Crippen molar-refractivity contribution in [1.82, 2.24) is 0 Å². The predicted molar refractivity (Wildman–Crippen MR) is 97.2 cm³/mol. The number of benzene rings is 1. The third-order valence-electron chi connectivity index (χ3n) is 3.91. The van der Waals surface area contributed by atoms with Crippen LogP contribution in [0.3, 0.4) is 0 Å². The molecule has 3 rings (SSSR count). The van der Waals surface area contributed by atoms with Gasteiger partial charge in [0.1, 0.15) is 4.88 Å². The van der Waals surface area contributed by atoms with Gasteiger partial charge in [0, 0.05) is 10.9 Å². The Kier molecular flexibility index (Phi) is 4.69. The van der Waals surface area contributed by atoms with Crippen LogP contribution >= 0.6 is 22.7 Å². The van der Waals surface area contributed by atoms with Crippen molar-refractivity contribution in [3.63, 3.8) is 0 Å². The summed E-state index contributed by atoms with van der Waals surface area (Å²) < 4.78 is 0.786. The average Bonchev–Trinajstić information content (AvgIpc) is 3.13. The number of ketones is 1. The fourth-order valence-corrected chi connectivity index (χ4v) is 4.89. The standard InChI is InChI=1S/C18H14O5S2/c1-2-12(16(20)21)9-4-3-5-10(6-9)15(19)13-7-11-8-14(17(22)23)25-18(11)24-13/h3-8,12H,2H2,1H3,(H,20,21)(H,22,23). The van der Waals surface area contributed by atoms with Gasteiger partial charge in [-0.2, -0.15) is 0 Å². The first-order valence-corrected chi connectivity index (χ1v) is 9.18. The Hall–Kier alpha value is -2.51. The molecule has 0 aliphatic heterocycles. The van der Waals surface area contributed by atoms with Gasteiger partial charge < -0.3 is 10.2 Å². The molecule has 0 bridgehead atoms. The van der Waals surface area contributed by atoms with E-state index < -0.39 is 17.9 Å². The number of aliphatic carboxylic acids is 1. The molecule has 128 valence electrons. The molecule has 1 unspecified atom stereocenters. The number of carboxylic acids is 2. The molecule has 0 amide bonds. The normalized spacial score (nSPS) is 12.2. The summed E-state index contributed by atoms with van der Waals surface area (Å²) in [5, 5.41) is 19.0. The molecule has 7 heteroatoms. The van der Waals surface area contributed by atoms with E-state index in [1.165, 1.54) is 11.3 Å². The highest BCUT2D eigenvalue weighted by Crippen LogP contribution is 2.34. The predicted octanol–water partition coefficient (Wildman–Crippen LogP) is 4.47. The molecular formula is C18H14O5S2. The Morgan fingerprint density at radius 1 is 1.04 bits per heavy atom. The highest BCUT2D eigenvalue weighted by molar-refractivity contribution is 7.39. The van der Waals surface area contributed by atoms with Gasteiger partial charge >= 0.3 is 11.9 Å². The number of hydrogen-bond donors (Lipinski definition) is 2. The summed E-state index contributed by atoms with van der Waals surface area (Å²) in [6, 6.07) is 9.94. The topological polar surface area (TPSA) is 91.7 Å². The van der Waals surface area contributed by atoms with Gasteiger partial charge in [-0.15, -0.1) is 22.7 Å². The van der Waals surface area contributed by atoms with E-state index in [9.17, 15) is 19.5 Å².